The molecule has 1 aromatic carbocycles. The third-order valence-electron chi connectivity index (χ3n) is 6.95. The lowest BCUT2D eigenvalue weighted by atomic mass is 9.73. The topological polar surface area (TPSA) is 39.5 Å². The summed E-state index contributed by atoms with van der Waals surface area (Å²) in [4.78, 5) is 5.33. The molecule has 0 unspecified atom stereocenters. The Morgan fingerprint density at radius 2 is 1.89 bits per heavy atom. The molecule has 27 heavy (non-hydrogen) atoms. The van der Waals surface area contributed by atoms with Crippen molar-refractivity contribution in [2.24, 2.45) is 16.7 Å². The maximum Gasteiger partial charge on any atom is 0.119 e. The fourth-order valence-corrected chi connectivity index (χ4v) is 5.45. The first-order valence-electron chi connectivity index (χ1n) is 10.5. The lowest BCUT2D eigenvalue weighted by Crippen LogP contribution is -2.54. The van der Waals surface area contributed by atoms with Crippen molar-refractivity contribution in [3.63, 3.8) is 0 Å². The van der Waals surface area contributed by atoms with Crippen molar-refractivity contribution >= 4 is 5.69 Å². The lowest BCUT2D eigenvalue weighted by Gasteiger charge is -2.48. The van der Waals surface area contributed by atoms with Gasteiger partial charge < -0.3 is 14.5 Å². The van der Waals surface area contributed by atoms with Crippen molar-refractivity contribution in [3.05, 3.63) is 24.3 Å². The van der Waals surface area contributed by atoms with Crippen LogP contribution in [0, 0.1) is 28.1 Å². The molecule has 4 nitrogen and oxygen atoms in total. The van der Waals surface area contributed by atoms with Crippen molar-refractivity contribution in [2.75, 3.05) is 37.7 Å². The van der Waals surface area contributed by atoms with Gasteiger partial charge in [-0.15, -0.1) is 0 Å². The van der Waals surface area contributed by atoms with E-state index in [0.717, 1.165) is 31.8 Å². The Balaban J connectivity index is 1.54. The monoisotopic (exact) mass is 367 g/mol. The predicted octanol–water partition coefficient (Wildman–Crippen LogP) is 4.32. The molecule has 3 aliphatic heterocycles. The van der Waals surface area contributed by atoms with Crippen LogP contribution in [0.5, 0.6) is 5.75 Å². The molecule has 1 aliphatic carbocycles. The average Bonchev–Trinajstić information content (AvgIpc) is 3.40. The van der Waals surface area contributed by atoms with Crippen LogP contribution in [0.2, 0.25) is 0 Å². The maximum absolute atomic E-state index is 9.19. The fraction of sp³-hybridized carbons (Fsp3) is 0.696. The van der Waals surface area contributed by atoms with Gasteiger partial charge in [-0.1, -0.05) is 13.8 Å². The molecule has 0 amide bonds. The van der Waals surface area contributed by atoms with Crippen molar-refractivity contribution in [3.8, 4) is 11.8 Å². The highest BCUT2D eigenvalue weighted by Crippen LogP contribution is 2.51. The van der Waals surface area contributed by atoms with Gasteiger partial charge in [0, 0.05) is 44.3 Å². The number of piperidine rings is 1. The molecule has 1 saturated carbocycles. The number of benzene rings is 1. The highest BCUT2D eigenvalue weighted by Gasteiger charge is 2.49. The van der Waals surface area contributed by atoms with Crippen LogP contribution in [0.3, 0.4) is 0 Å². The molecule has 4 heteroatoms. The smallest absolute Gasteiger partial charge is 0.119 e. The summed E-state index contributed by atoms with van der Waals surface area (Å²) in [6.07, 6.45) is 4.49. The number of nitrogens with zero attached hydrogens (tertiary/aromatic N) is 3. The minimum Gasteiger partial charge on any atom is -0.494 e. The van der Waals surface area contributed by atoms with Crippen molar-refractivity contribution in [1.82, 2.24) is 4.90 Å². The summed E-state index contributed by atoms with van der Waals surface area (Å²) in [6.45, 7) is 12.2. The van der Waals surface area contributed by atoms with E-state index in [9.17, 15) is 5.26 Å². The van der Waals surface area contributed by atoms with E-state index in [2.05, 4.69) is 54.0 Å². The van der Waals surface area contributed by atoms with Crippen LogP contribution in [0.1, 0.15) is 46.5 Å². The van der Waals surface area contributed by atoms with Crippen LogP contribution in [-0.2, 0) is 0 Å². The molecular weight excluding hydrogens is 334 g/mol. The van der Waals surface area contributed by atoms with Crippen molar-refractivity contribution in [2.45, 2.75) is 52.5 Å². The van der Waals surface area contributed by atoms with Gasteiger partial charge in [-0.2, -0.15) is 5.26 Å². The van der Waals surface area contributed by atoms with Gasteiger partial charge >= 0.3 is 0 Å². The van der Waals surface area contributed by atoms with E-state index in [1.165, 1.54) is 31.5 Å². The van der Waals surface area contributed by atoms with E-state index in [4.69, 9.17) is 4.74 Å². The molecule has 0 radical (unpaired) electrons. The highest BCUT2D eigenvalue weighted by atomic mass is 16.5. The summed E-state index contributed by atoms with van der Waals surface area (Å²) < 4.78 is 5.62. The number of hydrogen-bond donors (Lipinski definition) is 0. The highest BCUT2D eigenvalue weighted by molar-refractivity contribution is 5.51. The third-order valence-corrected chi connectivity index (χ3v) is 6.95. The standard InChI is InChI=1S/C23H33N3O/c1-4-27-20-7-5-19(6-8-20)26-15-18-13-22(2,3)21(26)16-25(14-18)17-23(9-10-23)11-12-24/h5-8,18,21H,4,9-11,13-17H2,1-3H3/t18-,21-/m1/s1. The summed E-state index contributed by atoms with van der Waals surface area (Å²) in [5.41, 5.74) is 1.93. The van der Waals surface area contributed by atoms with Crippen LogP contribution in [0.25, 0.3) is 0 Å². The molecule has 4 aliphatic rings. The molecule has 0 N–H and O–H groups in total. The molecule has 4 fully saturated rings. The lowest BCUT2D eigenvalue weighted by molar-refractivity contribution is 0.187. The van der Waals surface area contributed by atoms with Crippen molar-refractivity contribution < 1.29 is 4.74 Å². The fourth-order valence-electron chi connectivity index (χ4n) is 5.45. The molecule has 5 rings (SSSR count). The van der Waals surface area contributed by atoms with Crippen LogP contribution < -0.4 is 9.64 Å². The second kappa shape index (κ2) is 7.02. The average molecular weight is 368 g/mol. The zero-order valence-electron chi connectivity index (χ0n) is 17.1. The van der Waals surface area contributed by atoms with Gasteiger partial charge in [0.1, 0.15) is 5.75 Å². The Morgan fingerprint density at radius 3 is 2.52 bits per heavy atom. The van der Waals surface area contributed by atoms with Gasteiger partial charge in [-0.3, -0.25) is 0 Å². The Bertz CT molecular complexity index is 701. The Kier molecular flexibility index (Phi) is 4.84. The van der Waals surface area contributed by atoms with Crippen LogP contribution in [0.15, 0.2) is 24.3 Å². The normalized spacial score (nSPS) is 28.4. The molecule has 0 aromatic heterocycles. The number of hydrogen-bond acceptors (Lipinski definition) is 4. The van der Waals surface area contributed by atoms with Crippen LogP contribution in [-0.4, -0.2) is 43.7 Å². The summed E-state index contributed by atoms with van der Waals surface area (Å²) in [5, 5.41) is 9.19. The van der Waals surface area contributed by atoms with Crippen LogP contribution >= 0.6 is 0 Å². The SMILES string of the molecule is CCOc1ccc(N2C[C@H]3CN(CC4(CC#N)CC4)C[C@@H]2C(C)(C)C3)cc1. The van der Waals surface area contributed by atoms with Gasteiger partial charge in [0.05, 0.1) is 12.7 Å². The minimum absolute atomic E-state index is 0.298. The minimum atomic E-state index is 0.298. The van der Waals surface area contributed by atoms with E-state index in [1.807, 2.05) is 6.92 Å². The van der Waals surface area contributed by atoms with Crippen molar-refractivity contribution in [1.29, 1.82) is 5.26 Å². The zero-order chi connectivity index (χ0) is 19.1. The molecule has 1 aromatic rings. The maximum atomic E-state index is 9.19. The van der Waals surface area contributed by atoms with E-state index < -0.39 is 0 Å². The van der Waals surface area contributed by atoms with Crippen LogP contribution in [0.4, 0.5) is 5.69 Å². The molecule has 3 saturated heterocycles. The summed E-state index contributed by atoms with van der Waals surface area (Å²) >= 11 is 0. The largest absolute Gasteiger partial charge is 0.494 e. The Hall–Kier alpha value is -1.73. The second-order valence-corrected chi connectivity index (χ2v) is 9.68. The van der Waals surface area contributed by atoms with Gasteiger partial charge in [0.2, 0.25) is 0 Å². The quantitative estimate of drug-likeness (QED) is 0.751. The number of ether oxygens (including phenoxy) is 1. The summed E-state index contributed by atoms with van der Waals surface area (Å²) in [5.74, 6) is 1.65. The molecular formula is C23H33N3O. The second-order valence-electron chi connectivity index (χ2n) is 9.68. The Morgan fingerprint density at radius 1 is 1.15 bits per heavy atom. The summed E-state index contributed by atoms with van der Waals surface area (Å²) in [7, 11) is 0. The number of fused-ring (bicyclic) bond motifs is 4. The Labute approximate surface area is 164 Å². The molecule has 3 heterocycles. The first-order valence-corrected chi connectivity index (χ1v) is 10.5. The molecule has 2 atom stereocenters. The molecule has 0 spiro atoms. The van der Waals surface area contributed by atoms with E-state index in [-0.39, 0.29) is 0 Å². The van der Waals surface area contributed by atoms with Gasteiger partial charge in [-0.05, 0) is 67.2 Å². The third kappa shape index (κ3) is 3.80. The van der Waals surface area contributed by atoms with Gasteiger partial charge in [0.15, 0.2) is 0 Å². The zero-order valence-corrected chi connectivity index (χ0v) is 17.1. The molecule has 146 valence electrons. The van der Waals surface area contributed by atoms with Gasteiger partial charge in [0.25, 0.3) is 0 Å². The van der Waals surface area contributed by atoms with E-state index >= 15 is 0 Å². The van der Waals surface area contributed by atoms with E-state index in [0.29, 0.717) is 29.4 Å². The number of rotatable bonds is 6. The number of anilines is 1. The molecule has 2 bridgehead atoms. The first-order chi connectivity index (χ1) is 12.9. The number of nitriles is 1. The van der Waals surface area contributed by atoms with Gasteiger partial charge in [-0.25, -0.2) is 0 Å². The first kappa shape index (κ1) is 18.6. The van der Waals surface area contributed by atoms with E-state index in [1.54, 1.807) is 0 Å². The predicted molar refractivity (Wildman–Crippen MR) is 109 cm³/mol. The summed E-state index contributed by atoms with van der Waals surface area (Å²) in [6, 6.07) is 11.6.